The molecule has 0 radical (unpaired) electrons. The van der Waals surface area contributed by atoms with E-state index in [1.165, 1.54) is 0 Å². The molecule has 122 valence electrons. The van der Waals surface area contributed by atoms with Crippen molar-refractivity contribution in [3.8, 4) is 0 Å². The molecule has 6 nitrogen and oxygen atoms in total. The van der Waals surface area contributed by atoms with Crippen molar-refractivity contribution in [2.75, 3.05) is 6.61 Å². The predicted octanol–water partition coefficient (Wildman–Crippen LogP) is 2.54. The fourth-order valence-corrected chi connectivity index (χ4v) is 2.89. The topological polar surface area (TPSA) is 88.5 Å². The van der Waals surface area contributed by atoms with E-state index in [9.17, 15) is 9.59 Å². The van der Waals surface area contributed by atoms with Gasteiger partial charge in [-0.15, -0.1) is 11.3 Å². The van der Waals surface area contributed by atoms with Gasteiger partial charge in [-0.1, -0.05) is 30.3 Å². The molecule has 0 fully saturated rings. The highest BCUT2D eigenvalue weighted by atomic mass is 32.1. The van der Waals surface area contributed by atoms with Gasteiger partial charge < -0.3 is 15.2 Å². The smallest absolute Gasteiger partial charge is 0.347 e. The van der Waals surface area contributed by atoms with Crippen molar-refractivity contribution in [2.24, 2.45) is 0 Å². The number of aromatic nitrogens is 1. The van der Waals surface area contributed by atoms with Crippen LogP contribution in [0, 0.1) is 6.92 Å². The molecule has 2 N–H and O–H groups in total. The fraction of sp³-hybridized carbons (Fsp3) is 0.312. The molecule has 0 spiro atoms. The van der Waals surface area contributed by atoms with Crippen molar-refractivity contribution in [1.29, 1.82) is 0 Å². The number of carbonyl (C=O) groups is 2. The third-order valence-electron chi connectivity index (χ3n) is 3.10. The number of hydrogen-bond acceptors (Lipinski definition) is 5. The van der Waals surface area contributed by atoms with E-state index in [-0.39, 0.29) is 23.4 Å². The second kappa shape index (κ2) is 7.85. The highest BCUT2D eigenvalue weighted by Gasteiger charge is 2.19. The zero-order valence-corrected chi connectivity index (χ0v) is 13.7. The van der Waals surface area contributed by atoms with Crippen molar-refractivity contribution >= 4 is 23.2 Å². The standard InChI is InChI=1S/C16H18N2O4S/c1-10-14(16(20)21)23-15(18-10)11(2)17-13(19)9-22-8-12-6-4-3-5-7-12/h3-7,11H,8-9H2,1-2H3,(H,17,19)(H,20,21). The first kappa shape index (κ1) is 17.1. The zero-order chi connectivity index (χ0) is 16.8. The number of hydrogen-bond donors (Lipinski definition) is 2. The summed E-state index contributed by atoms with van der Waals surface area (Å²) in [6.45, 7) is 3.71. The van der Waals surface area contributed by atoms with Crippen molar-refractivity contribution in [1.82, 2.24) is 10.3 Å². The van der Waals surface area contributed by atoms with Gasteiger partial charge >= 0.3 is 5.97 Å². The number of aryl methyl sites for hydroxylation is 1. The van der Waals surface area contributed by atoms with Crippen LogP contribution < -0.4 is 5.32 Å². The maximum absolute atomic E-state index is 11.9. The van der Waals surface area contributed by atoms with Crippen molar-refractivity contribution in [3.63, 3.8) is 0 Å². The summed E-state index contributed by atoms with van der Waals surface area (Å²) in [5, 5.41) is 12.3. The Morgan fingerprint density at radius 2 is 2.04 bits per heavy atom. The highest BCUT2D eigenvalue weighted by molar-refractivity contribution is 7.13. The molecular formula is C16H18N2O4S. The lowest BCUT2D eigenvalue weighted by atomic mass is 10.2. The maximum atomic E-state index is 11.9. The van der Waals surface area contributed by atoms with E-state index >= 15 is 0 Å². The molecule has 1 aromatic carbocycles. The zero-order valence-electron chi connectivity index (χ0n) is 12.9. The van der Waals surface area contributed by atoms with Gasteiger partial charge in [-0.3, -0.25) is 4.79 Å². The van der Waals surface area contributed by atoms with E-state index in [1.807, 2.05) is 30.3 Å². The van der Waals surface area contributed by atoms with Gasteiger partial charge in [0, 0.05) is 0 Å². The van der Waals surface area contributed by atoms with E-state index in [2.05, 4.69) is 10.3 Å². The van der Waals surface area contributed by atoms with Crippen LogP contribution in [0.2, 0.25) is 0 Å². The minimum atomic E-state index is -1.00. The Kier molecular flexibility index (Phi) is 5.84. The number of carbonyl (C=O) groups excluding carboxylic acids is 1. The van der Waals surface area contributed by atoms with Crippen LogP contribution in [0.4, 0.5) is 0 Å². The number of amides is 1. The van der Waals surface area contributed by atoms with Gasteiger partial charge in [-0.25, -0.2) is 9.78 Å². The number of ether oxygens (including phenoxy) is 1. The van der Waals surface area contributed by atoms with Crippen molar-refractivity contribution < 1.29 is 19.4 Å². The van der Waals surface area contributed by atoms with Crippen LogP contribution in [-0.2, 0) is 16.1 Å². The van der Waals surface area contributed by atoms with Gasteiger partial charge in [-0.05, 0) is 19.4 Å². The monoisotopic (exact) mass is 334 g/mol. The van der Waals surface area contributed by atoms with Crippen LogP contribution in [0.1, 0.15) is 38.9 Å². The molecule has 1 amide bonds. The summed E-state index contributed by atoms with van der Waals surface area (Å²) < 4.78 is 5.36. The third-order valence-corrected chi connectivity index (χ3v) is 4.43. The van der Waals surface area contributed by atoms with Gasteiger partial charge in [0.25, 0.3) is 0 Å². The highest BCUT2D eigenvalue weighted by Crippen LogP contribution is 2.23. The molecule has 1 unspecified atom stereocenters. The number of nitrogens with zero attached hydrogens (tertiary/aromatic N) is 1. The summed E-state index contributed by atoms with van der Waals surface area (Å²) in [5.41, 5.74) is 1.45. The summed E-state index contributed by atoms with van der Waals surface area (Å²) in [4.78, 5) is 27.3. The second-order valence-electron chi connectivity index (χ2n) is 5.04. The molecule has 0 aliphatic heterocycles. The Labute approximate surface area is 138 Å². The minimum absolute atomic E-state index is 0.0601. The van der Waals surface area contributed by atoms with Crippen LogP contribution in [0.5, 0.6) is 0 Å². The Bertz CT molecular complexity index is 685. The first-order valence-corrected chi connectivity index (χ1v) is 7.90. The molecule has 0 saturated carbocycles. The van der Waals surface area contributed by atoms with Gasteiger partial charge in [0.15, 0.2) is 0 Å². The van der Waals surface area contributed by atoms with Crippen LogP contribution in [-0.4, -0.2) is 28.6 Å². The molecule has 1 aromatic heterocycles. The molecule has 1 heterocycles. The Morgan fingerprint density at radius 1 is 1.35 bits per heavy atom. The first-order valence-electron chi connectivity index (χ1n) is 7.09. The van der Waals surface area contributed by atoms with Crippen molar-refractivity contribution in [2.45, 2.75) is 26.5 Å². The number of benzene rings is 1. The average molecular weight is 334 g/mol. The number of carboxylic acid groups (broad SMARTS) is 1. The third kappa shape index (κ3) is 4.87. The van der Waals surface area contributed by atoms with Crippen LogP contribution in [0.15, 0.2) is 30.3 Å². The molecule has 0 saturated heterocycles. The largest absolute Gasteiger partial charge is 0.477 e. The number of rotatable bonds is 7. The summed E-state index contributed by atoms with van der Waals surface area (Å²) in [7, 11) is 0. The number of aromatic carboxylic acids is 1. The quantitative estimate of drug-likeness (QED) is 0.812. The Morgan fingerprint density at radius 3 is 2.65 bits per heavy atom. The number of carboxylic acids is 1. The van der Waals surface area contributed by atoms with Crippen molar-refractivity contribution in [3.05, 3.63) is 51.5 Å². The molecule has 2 aromatic rings. The van der Waals surface area contributed by atoms with E-state index in [0.717, 1.165) is 16.9 Å². The molecule has 2 rings (SSSR count). The van der Waals surface area contributed by atoms with Crippen LogP contribution in [0.3, 0.4) is 0 Å². The van der Waals surface area contributed by atoms with Gasteiger partial charge in [0.2, 0.25) is 5.91 Å². The normalized spacial score (nSPS) is 11.9. The Balaban J connectivity index is 1.82. The SMILES string of the molecule is Cc1nc(C(C)NC(=O)COCc2ccccc2)sc1C(=O)O. The van der Waals surface area contributed by atoms with Crippen LogP contribution >= 0.6 is 11.3 Å². The molecule has 23 heavy (non-hydrogen) atoms. The van der Waals surface area contributed by atoms with Crippen LogP contribution in [0.25, 0.3) is 0 Å². The molecular weight excluding hydrogens is 316 g/mol. The van der Waals surface area contributed by atoms with E-state index in [0.29, 0.717) is 17.3 Å². The molecule has 0 aliphatic carbocycles. The van der Waals surface area contributed by atoms with E-state index < -0.39 is 5.97 Å². The fourth-order valence-electron chi connectivity index (χ4n) is 1.98. The molecule has 0 bridgehead atoms. The maximum Gasteiger partial charge on any atom is 0.347 e. The van der Waals surface area contributed by atoms with E-state index in [4.69, 9.17) is 9.84 Å². The molecule has 1 atom stereocenters. The van der Waals surface area contributed by atoms with Gasteiger partial charge in [0.1, 0.15) is 16.5 Å². The Hall–Kier alpha value is -2.25. The molecule has 7 heteroatoms. The summed E-state index contributed by atoms with van der Waals surface area (Å²) in [6, 6.07) is 9.22. The summed E-state index contributed by atoms with van der Waals surface area (Å²) in [5.74, 6) is -1.27. The lowest BCUT2D eigenvalue weighted by Crippen LogP contribution is -2.30. The first-order chi connectivity index (χ1) is 11.0. The summed E-state index contributed by atoms with van der Waals surface area (Å²) in [6.07, 6.45) is 0. The van der Waals surface area contributed by atoms with Gasteiger partial charge in [0.05, 0.1) is 18.3 Å². The second-order valence-corrected chi connectivity index (χ2v) is 6.07. The predicted molar refractivity (Wildman–Crippen MR) is 86.5 cm³/mol. The average Bonchev–Trinajstić information content (AvgIpc) is 2.90. The van der Waals surface area contributed by atoms with E-state index in [1.54, 1.807) is 13.8 Å². The summed E-state index contributed by atoms with van der Waals surface area (Å²) >= 11 is 1.07. The van der Waals surface area contributed by atoms with Gasteiger partial charge in [-0.2, -0.15) is 0 Å². The number of nitrogens with one attached hydrogen (secondary N) is 1. The minimum Gasteiger partial charge on any atom is -0.477 e. The lowest BCUT2D eigenvalue weighted by Gasteiger charge is -2.11. The lowest BCUT2D eigenvalue weighted by molar-refractivity contribution is -0.126. The molecule has 0 aliphatic rings. The number of thiazole rings is 1.